The Balaban J connectivity index is 2.16. The maximum Gasteiger partial charge on any atom is 0.189 e. The highest BCUT2D eigenvalue weighted by Crippen LogP contribution is 2.29. The van der Waals surface area contributed by atoms with E-state index in [1.807, 2.05) is 4.57 Å². The van der Waals surface area contributed by atoms with E-state index in [9.17, 15) is 13.2 Å². The number of aryl methyl sites for hydroxylation is 1. The van der Waals surface area contributed by atoms with E-state index < -0.39 is 17.9 Å². The van der Waals surface area contributed by atoms with E-state index in [1.54, 1.807) is 32.3 Å². The summed E-state index contributed by atoms with van der Waals surface area (Å²) in [4.78, 5) is 0. The Bertz CT molecular complexity index is 647. The zero-order valence-corrected chi connectivity index (χ0v) is 14.4. The van der Waals surface area contributed by atoms with Crippen molar-refractivity contribution in [2.75, 3.05) is 25.2 Å². The summed E-state index contributed by atoms with van der Waals surface area (Å²) in [7, 11) is 0. The van der Waals surface area contributed by atoms with Crippen LogP contribution < -0.4 is 5.32 Å². The van der Waals surface area contributed by atoms with Crippen LogP contribution in [0.2, 0.25) is 0 Å². The van der Waals surface area contributed by atoms with Crippen molar-refractivity contribution in [2.45, 2.75) is 33.1 Å². The van der Waals surface area contributed by atoms with Crippen LogP contribution in [0.15, 0.2) is 30.6 Å². The summed E-state index contributed by atoms with van der Waals surface area (Å²) in [6.07, 6.45) is 2.87. The molecule has 0 bridgehead atoms. The molecule has 2 aromatic rings. The molecule has 1 N–H and O–H groups in total. The molecule has 1 aromatic carbocycles. The van der Waals surface area contributed by atoms with Gasteiger partial charge in [0, 0.05) is 37.8 Å². The number of ether oxygens (including phenoxy) is 2. The first-order valence-corrected chi connectivity index (χ1v) is 8.29. The van der Waals surface area contributed by atoms with Gasteiger partial charge in [-0.3, -0.25) is 4.39 Å². The zero-order chi connectivity index (χ0) is 18.2. The minimum absolute atomic E-state index is 0.241. The second-order valence-electron chi connectivity index (χ2n) is 5.40. The maximum absolute atomic E-state index is 14.4. The van der Waals surface area contributed by atoms with Gasteiger partial charge in [0.05, 0.1) is 17.9 Å². The minimum Gasteiger partial charge on any atom is -0.354 e. The SMILES string of the molecule is CCOC(OCC)c1c(F)cc(Nc2ccn(CCCF)c2)cc1F. The molecule has 0 unspecified atom stereocenters. The molecule has 0 fully saturated rings. The number of nitrogens with one attached hydrogen (secondary N) is 1. The number of benzene rings is 1. The number of halogens is 3. The highest BCUT2D eigenvalue weighted by atomic mass is 19.1. The van der Waals surface area contributed by atoms with Gasteiger partial charge in [-0.2, -0.15) is 0 Å². The van der Waals surface area contributed by atoms with Gasteiger partial charge in [-0.15, -0.1) is 0 Å². The predicted octanol–water partition coefficient (Wildman–Crippen LogP) is 4.94. The standard InChI is InChI=1S/C18H23F3N2O2/c1-3-24-18(25-4-2)17-15(20)10-14(11-16(17)21)22-13-6-9-23(12-13)8-5-7-19/h6,9-12,18,22H,3-5,7-8H2,1-2H3. The Kier molecular flexibility index (Phi) is 7.33. The average molecular weight is 356 g/mol. The number of alkyl halides is 1. The molecule has 2 rings (SSSR count). The Morgan fingerprint density at radius 3 is 2.28 bits per heavy atom. The lowest BCUT2D eigenvalue weighted by molar-refractivity contribution is -0.143. The Morgan fingerprint density at radius 2 is 1.72 bits per heavy atom. The molecular formula is C18H23F3N2O2. The van der Waals surface area contributed by atoms with Crippen LogP contribution in [-0.2, 0) is 16.0 Å². The normalized spacial score (nSPS) is 11.3. The van der Waals surface area contributed by atoms with Crippen LogP contribution in [0, 0.1) is 11.6 Å². The number of nitrogens with zero attached hydrogens (tertiary/aromatic N) is 1. The van der Waals surface area contributed by atoms with Gasteiger partial charge in [-0.05, 0) is 38.5 Å². The molecule has 138 valence electrons. The van der Waals surface area contributed by atoms with Crippen LogP contribution in [-0.4, -0.2) is 24.5 Å². The van der Waals surface area contributed by atoms with Crippen molar-refractivity contribution in [3.63, 3.8) is 0 Å². The fraction of sp³-hybridized carbons (Fsp3) is 0.444. The maximum atomic E-state index is 14.4. The van der Waals surface area contributed by atoms with E-state index in [4.69, 9.17) is 9.47 Å². The molecule has 0 aliphatic carbocycles. The largest absolute Gasteiger partial charge is 0.354 e. The molecule has 1 aromatic heterocycles. The number of hydrogen-bond acceptors (Lipinski definition) is 3. The van der Waals surface area contributed by atoms with Crippen molar-refractivity contribution < 1.29 is 22.6 Å². The highest BCUT2D eigenvalue weighted by molar-refractivity contribution is 5.59. The van der Waals surface area contributed by atoms with Gasteiger partial charge in [0.15, 0.2) is 6.29 Å². The number of hydrogen-bond donors (Lipinski definition) is 1. The van der Waals surface area contributed by atoms with E-state index in [2.05, 4.69) is 5.32 Å². The van der Waals surface area contributed by atoms with E-state index in [-0.39, 0.29) is 31.1 Å². The molecule has 4 nitrogen and oxygen atoms in total. The quantitative estimate of drug-likeness (QED) is 0.613. The third-order valence-electron chi connectivity index (χ3n) is 3.54. The molecule has 1 heterocycles. The summed E-state index contributed by atoms with van der Waals surface area (Å²) in [5.74, 6) is -1.49. The first-order chi connectivity index (χ1) is 12.1. The first kappa shape index (κ1) is 19.3. The molecule has 0 saturated heterocycles. The Hall–Kier alpha value is -1.99. The second kappa shape index (κ2) is 9.48. The summed E-state index contributed by atoms with van der Waals surface area (Å²) in [6, 6.07) is 4.15. The molecular weight excluding hydrogens is 333 g/mol. The lowest BCUT2D eigenvalue weighted by Gasteiger charge is -2.19. The van der Waals surface area contributed by atoms with Crippen molar-refractivity contribution in [1.82, 2.24) is 4.57 Å². The lowest BCUT2D eigenvalue weighted by Crippen LogP contribution is -2.13. The van der Waals surface area contributed by atoms with E-state index in [0.717, 1.165) is 0 Å². The van der Waals surface area contributed by atoms with Crippen LogP contribution in [0.3, 0.4) is 0 Å². The predicted molar refractivity (Wildman–Crippen MR) is 90.7 cm³/mol. The van der Waals surface area contributed by atoms with Gasteiger partial charge in [0.1, 0.15) is 11.6 Å². The molecule has 0 radical (unpaired) electrons. The lowest BCUT2D eigenvalue weighted by atomic mass is 10.1. The van der Waals surface area contributed by atoms with Gasteiger partial charge in [0.2, 0.25) is 0 Å². The van der Waals surface area contributed by atoms with Crippen LogP contribution in [0.25, 0.3) is 0 Å². The van der Waals surface area contributed by atoms with Gasteiger partial charge < -0.3 is 19.4 Å². The number of aromatic nitrogens is 1. The summed E-state index contributed by atoms with van der Waals surface area (Å²) in [5.41, 5.74) is 0.695. The van der Waals surface area contributed by atoms with E-state index in [0.29, 0.717) is 18.7 Å². The molecule has 7 heteroatoms. The highest BCUT2D eigenvalue weighted by Gasteiger charge is 2.22. The van der Waals surface area contributed by atoms with Crippen molar-refractivity contribution >= 4 is 11.4 Å². The van der Waals surface area contributed by atoms with Crippen molar-refractivity contribution in [1.29, 1.82) is 0 Å². The third kappa shape index (κ3) is 5.24. The second-order valence-corrected chi connectivity index (χ2v) is 5.40. The molecule has 0 amide bonds. The van der Waals surface area contributed by atoms with Crippen LogP contribution in [0.1, 0.15) is 32.1 Å². The zero-order valence-electron chi connectivity index (χ0n) is 14.4. The molecule has 0 saturated carbocycles. The van der Waals surface area contributed by atoms with Crippen LogP contribution in [0.4, 0.5) is 24.5 Å². The van der Waals surface area contributed by atoms with E-state index in [1.165, 1.54) is 12.1 Å². The van der Waals surface area contributed by atoms with Crippen LogP contribution >= 0.6 is 0 Å². The van der Waals surface area contributed by atoms with Gasteiger partial charge >= 0.3 is 0 Å². The fourth-order valence-corrected chi connectivity index (χ4v) is 2.46. The monoisotopic (exact) mass is 356 g/mol. The summed E-state index contributed by atoms with van der Waals surface area (Å²) < 4.78 is 53.3. The van der Waals surface area contributed by atoms with Gasteiger partial charge in [-0.1, -0.05) is 0 Å². The van der Waals surface area contributed by atoms with Crippen molar-refractivity contribution in [3.8, 4) is 0 Å². The summed E-state index contributed by atoms with van der Waals surface area (Å²) >= 11 is 0. The van der Waals surface area contributed by atoms with Crippen LogP contribution in [0.5, 0.6) is 0 Å². The van der Waals surface area contributed by atoms with Crippen molar-refractivity contribution in [2.24, 2.45) is 0 Å². The summed E-state index contributed by atoms with van der Waals surface area (Å²) in [5, 5.41) is 2.94. The molecule has 25 heavy (non-hydrogen) atoms. The Labute approximate surface area is 145 Å². The number of rotatable bonds is 10. The molecule has 0 spiro atoms. The van der Waals surface area contributed by atoms with Gasteiger partial charge in [-0.25, -0.2) is 8.78 Å². The first-order valence-electron chi connectivity index (χ1n) is 8.29. The number of anilines is 2. The molecule has 0 aliphatic heterocycles. The summed E-state index contributed by atoms with van der Waals surface area (Å²) in [6.45, 7) is 4.16. The van der Waals surface area contributed by atoms with E-state index >= 15 is 0 Å². The third-order valence-corrected chi connectivity index (χ3v) is 3.54. The van der Waals surface area contributed by atoms with Crippen molar-refractivity contribution in [3.05, 3.63) is 47.8 Å². The topological polar surface area (TPSA) is 35.4 Å². The molecule has 0 atom stereocenters. The Morgan fingerprint density at radius 1 is 1.08 bits per heavy atom. The van der Waals surface area contributed by atoms with Gasteiger partial charge in [0.25, 0.3) is 0 Å². The smallest absolute Gasteiger partial charge is 0.189 e. The fourth-order valence-electron chi connectivity index (χ4n) is 2.46. The minimum atomic E-state index is -1.08. The molecule has 0 aliphatic rings. The average Bonchev–Trinajstić information content (AvgIpc) is 3.00.